The summed E-state index contributed by atoms with van der Waals surface area (Å²) in [5.74, 6) is 1.63. The SMILES string of the molecule is Cc1cnc(-c2nc3c([nH]2)CNCC3=O)o1. The molecule has 2 N–H and O–H groups in total. The monoisotopic (exact) mass is 218 g/mol. The number of oxazole rings is 1. The number of aromatic nitrogens is 3. The summed E-state index contributed by atoms with van der Waals surface area (Å²) in [6.45, 7) is 2.77. The number of nitrogens with one attached hydrogen (secondary N) is 2. The molecule has 1 aliphatic heterocycles. The molecule has 3 heterocycles. The highest BCUT2D eigenvalue weighted by molar-refractivity contribution is 5.98. The van der Waals surface area contributed by atoms with E-state index in [1.54, 1.807) is 6.20 Å². The molecular formula is C10H10N4O2. The summed E-state index contributed by atoms with van der Waals surface area (Å²) >= 11 is 0. The molecule has 0 saturated carbocycles. The van der Waals surface area contributed by atoms with E-state index in [9.17, 15) is 4.79 Å². The molecule has 0 bridgehead atoms. The molecule has 6 heteroatoms. The fourth-order valence-electron chi connectivity index (χ4n) is 1.72. The molecule has 0 atom stereocenters. The first-order chi connectivity index (χ1) is 7.74. The lowest BCUT2D eigenvalue weighted by Crippen LogP contribution is -2.29. The Morgan fingerprint density at radius 1 is 1.44 bits per heavy atom. The van der Waals surface area contributed by atoms with E-state index in [2.05, 4.69) is 20.3 Å². The third-order valence-corrected chi connectivity index (χ3v) is 2.45. The van der Waals surface area contributed by atoms with Gasteiger partial charge in [0.15, 0.2) is 11.6 Å². The number of Topliss-reactive ketones (excluding diaryl/α,β-unsaturated/α-hetero) is 1. The van der Waals surface area contributed by atoms with Crippen LogP contribution in [0.3, 0.4) is 0 Å². The van der Waals surface area contributed by atoms with Crippen LogP contribution in [0.25, 0.3) is 11.7 Å². The fraction of sp³-hybridized carbons (Fsp3) is 0.300. The van der Waals surface area contributed by atoms with Gasteiger partial charge in [-0.15, -0.1) is 0 Å². The lowest BCUT2D eigenvalue weighted by Gasteiger charge is -2.08. The van der Waals surface area contributed by atoms with Gasteiger partial charge in [-0.2, -0.15) is 0 Å². The number of ketones is 1. The first-order valence-corrected chi connectivity index (χ1v) is 4.99. The normalized spacial score (nSPS) is 15.2. The second-order valence-corrected chi connectivity index (χ2v) is 3.72. The molecule has 1 aliphatic rings. The minimum atomic E-state index is -0.00738. The molecule has 2 aromatic heterocycles. The van der Waals surface area contributed by atoms with E-state index < -0.39 is 0 Å². The van der Waals surface area contributed by atoms with Gasteiger partial charge in [-0.25, -0.2) is 9.97 Å². The fourth-order valence-corrected chi connectivity index (χ4v) is 1.72. The Morgan fingerprint density at radius 2 is 2.31 bits per heavy atom. The lowest BCUT2D eigenvalue weighted by atomic mass is 10.2. The number of carbonyl (C=O) groups is 1. The zero-order valence-corrected chi connectivity index (χ0v) is 8.70. The second kappa shape index (κ2) is 3.28. The Labute approximate surface area is 91.1 Å². The van der Waals surface area contributed by atoms with Crippen LogP contribution in [0.5, 0.6) is 0 Å². The highest BCUT2D eigenvalue weighted by Gasteiger charge is 2.23. The van der Waals surface area contributed by atoms with E-state index in [4.69, 9.17) is 4.42 Å². The van der Waals surface area contributed by atoms with Crippen molar-refractivity contribution >= 4 is 5.78 Å². The highest BCUT2D eigenvalue weighted by Crippen LogP contribution is 2.19. The van der Waals surface area contributed by atoms with Crippen LogP contribution < -0.4 is 5.32 Å². The Kier molecular flexibility index (Phi) is 1.90. The van der Waals surface area contributed by atoms with Crippen molar-refractivity contribution in [2.45, 2.75) is 13.5 Å². The highest BCUT2D eigenvalue weighted by atomic mass is 16.4. The number of nitrogens with zero attached hydrogens (tertiary/aromatic N) is 2. The third kappa shape index (κ3) is 1.35. The van der Waals surface area contributed by atoms with Crippen LogP contribution in [0.4, 0.5) is 0 Å². The zero-order valence-electron chi connectivity index (χ0n) is 8.70. The smallest absolute Gasteiger partial charge is 0.263 e. The van der Waals surface area contributed by atoms with Gasteiger partial charge in [0, 0.05) is 6.54 Å². The maximum atomic E-state index is 11.5. The largest absolute Gasteiger partial charge is 0.439 e. The third-order valence-electron chi connectivity index (χ3n) is 2.45. The maximum absolute atomic E-state index is 11.5. The molecular weight excluding hydrogens is 208 g/mol. The molecule has 0 unspecified atom stereocenters. The second-order valence-electron chi connectivity index (χ2n) is 3.72. The quantitative estimate of drug-likeness (QED) is 0.734. The molecule has 0 amide bonds. The van der Waals surface area contributed by atoms with Gasteiger partial charge >= 0.3 is 0 Å². The molecule has 0 aliphatic carbocycles. The van der Waals surface area contributed by atoms with Crippen molar-refractivity contribution in [3.05, 3.63) is 23.3 Å². The lowest BCUT2D eigenvalue weighted by molar-refractivity contribution is 0.0977. The summed E-state index contributed by atoms with van der Waals surface area (Å²) in [6.07, 6.45) is 1.62. The molecule has 0 saturated heterocycles. The first kappa shape index (κ1) is 9.29. The van der Waals surface area contributed by atoms with Gasteiger partial charge in [-0.3, -0.25) is 4.79 Å². The van der Waals surface area contributed by atoms with Crippen LogP contribution >= 0.6 is 0 Å². The Balaban J connectivity index is 2.07. The van der Waals surface area contributed by atoms with Crippen LogP contribution in [0.2, 0.25) is 0 Å². The number of hydrogen-bond acceptors (Lipinski definition) is 5. The van der Waals surface area contributed by atoms with Crippen LogP contribution in [-0.2, 0) is 6.54 Å². The van der Waals surface area contributed by atoms with Crippen LogP contribution in [0.15, 0.2) is 10.6 Å². The number of fused-ring (bicyclic) bond motifs is 1. The Morgan fingerprint density at radius 3 is 3.00 bits per heavy atom. The summed E-state index contributed by atoms with van der Waals surface area (Å²) in [5, 5.41) is 2.99. The Bertz CT molecular complexity index is 555. The summed E-state index contributed by atoms with van der Waals surface area (Å²) in [4.78, 5) is 22.9. The van der Waals surface area contributed by atoms with Crippen LogP contribution in [0, 0.1) is 6.92 Å². The van der Waals surface area contributed by atoms with E-state index in [0.717, 1.165) is 5.69 Å². The number of H-pyrrole nitrogens is 1. The van der Waals surface area contributed by atoms with E-state index in [-0.39, 0.29) is 5.78 Å². The minimum Gasteiger partial charge on any atom is -0.439 e. The summed E-state index contributed by atoms with van der Waals surface area (Å²) in [5.41, 5.74) is 1.28. The molecule has 0 aromatic carbocycles. The standard InChI is InChI=1S/C10H10N4O2/c1-5-2-12-10(16-5)9-13-6-3-11-4-7(15)8(6)14-9/h2,11H,3-4H2,1H3,(H,13,14). The summed E-state index contributed by atoms with van der Waals surface area (Å²) in [7, 11) is 0. The Hall–Kier alpha value is -1.95. The van der Waals surface area contributed by atoms with Gasteiger partial charge in [0.05, 0.1) is 18.4 Å². The molecule has 3 rings (SSSR count). The minimum absolute atomic E-state index is 0.00738. The van der Waals surface area contributed by atoms with Gasteiger partial charge in [0.1, 0.15) is 11.5 Å². The zero-order chi connectivity index (χ0) is 11.1. The average Bonchev–Trinajstić information content (AvgIpc) is 2.84. The number of hydrogen-bond donors (Lipinski definition) is 2. The number of aromatic amines is 1. The van der Waals surface area contributed by atoms with Gasteiger partial charge in [-0.05, 0) is 6.92 Å². The van der Waals surface area contributed by atoms with Crippen molar-refractivity contribution in [1.29, 1.82) is 0 Å². The molecule has 82 valence electrons. The van der Waals surface area contributed by atoms with Gasteiger partial charge in [0.2, 0.25) is 0 Å². The van der Waals surface area contributed by atoms with Gasteiger partial charge < -0.3 is 14.7 Å². The predicted molar refractivity (Wildman–Crippen MR) is 54.9 cm³/mol. The molecule has 2 aromatic rings. The van der Waals surface area contributed by atoms with Crippen LogP contribution in [-0.4, -0.2) is 27.3 Å². The van der Waals surface area contributed by atoms with Gasteiger partial charge in [-0.1, -0.05) is 0 Å². The number of rotatable bonds is 1. The van der Waals surface area contributed by atoms with Crippen LogP contribution in [0.1, 0.15) is 21.9 Å². The van der Waals surface area contributed by atoms with E-state index in [1.165, 1.54) is 0 Å². The van der Waals surface area contributed by atoms with Crippen molar-refractivity contribution < 1.29 is 9.21 Å². The number of aryl methyl sites for hydroxylation is 1. The predicted octanol–water partition coefficient (Wildman–Crippen LogP) is 0.659. The van der Waals surface area contributed by atoms with Crippen molar-refractivity contribution in [3.8, 4) is 11.7 Å². The van der Waals surface area contributed by atoms with Crippen molar-refractivity contribution in [2.24, 2.45) is 0 Å². The van der Waals surface area contributed by atoms with Crippen molar-refractivity contribution in [1.82, 2.24) is 20.3 Å². The number of carbonyl (C=O) groups excluding carboxylic acids is 1. The van der Waals surface area contributed by atoms with Crippen molar-refractivity contribution in [3.63, 3.8) is 0 Å². The molecule has 0 fully saturated rings. The van der Waals surface area contributed by atoms with E-state index in [0.29, 0.717) is 36.3 Å². The summed E-state index contributed by atoms with van der Waals surface area (Å²) < 4.78 is 5.35. The summed E-state index contributed by atoms with van der Waals surface area (Å²) in [6, 6.07) is 0. The maximum Gasteiger partial charge on any atom is 0.263 e. The van der Waals surface area contributed by atoms with E-state index >= 15 is 0 Å². The number of imidazole rings is 1. The molecule has 0 radical (unpaired) electrons. The topological polar surface area (TPSA) is 83.8 Å². The first-order valence-electron chi connectivity index (χ1n) is 4.99. The molecule has 6 nitrogen and oxygen atoms in total. The average molecular weight is 218 g/mol. The van der Waals surface area contributed by atoms with E-state index in [1.807, 2.05) is 6.92 Å². The van der Waals surface area contributed by atoms with Gasteiger partial charge in [0.25, 0.3) is 5.89 Å². The van der Waals surface area contributed by atoms with Crippen molar-refractivity contribution in [2.75, 3.05) is 6.54 Å². The molecule has 0 spiro atoms. The molecule has 16 heavy (non-hydrogen) atoms.